The van der Waals surface area contributed by atoms with E-state index >= 15 is 0 Å². The summed E-state index contributed by atoms with van der Waals surface area (Å²) in [5, 5.41) is 2.58. The van der Waals surface area contributed by atoms with Crippen LogP contribution in [0.2, 0.25) is 0 Å². The van der Waals surface area contributed by atoms with Gasteiger partial charge in [-0.25, -0.2) is 0 Å². The molecule has 0 spiro atoms. The zero-order valence-corrected chi connectivity index (χ0v) is 16.6. The number of Topliss-reactive ketones (excluding diaryl/α,β-unsaturated/α-hetero) is 1. The first kappa shape index (κ1) is 22.9. The average molecular weight is 398 g/mol. The third-order valence-electron chi connectivity index (χ3n) is 4.74. The van der Waals surface area contributed by atoms with Crippen LogP contribution in [0.15, 0.2) is 24.3 Å². The molecule has 2 atom stereocenters. The van der Waals surface area contributed by atoms with Gasteiger partial charge in [-0.15, -0.1) is 12.4 Å². The molecule has 2 amide bonds. The second-order valence-corrected chi connectivity index (χ2v) is 6.66. The van der Waals surface area contributed by atoms with Gasteiger partial charge in [0.1, 0.15) is 5.75 Å². The number of hydrogen-bond donors (Lipinski definition) is 2. The topological polar surface area (TPSA) is 102 Å². The van der Waals surface area contributed by atoms with Crippen molar-refractivity contribution >= 4 is 30.0 Å². The Balaban J connectivity index is 0.00000364. The number of nitrogens with zero attached hydrogens (tertiary/aromatic N) is 1. The molecule has 8 heteroatoms. The van der Waals surface area contributed by atoms with Crippen molar-refractivity contribution in [3.05, 3.63) is 29.8 Å². The molecule has 2 rings (SSSR count). The first-order valence-electron chi connectivity index (χ1n) is 8.88. The van der Waals surface area contributed by atoms with Crippen molar-refractivity contribution in [3.63, 3.8) is 0 Å². The van der Waals surface area contributed by atoms with E-state index in [4.69, 9.17) is 10.5 Å². The number of hydrogen-bond acceptors (Lipinski definition) is 5. The Morgan fingerprint density at radius 1 is 1.22 bits per heavy atom. The van der Waals surface area contributed by atoms with E-state index in [0.717, 1.165) is 6.42 Å². The van der Waals surface area contributed by atoms with Crippen LogP contribution in [0.4, 0.5) is 0 Å². The van der Waals surface area contributed by atoms with Crippen LogP contribution in [-0.4, -0.2) is 55.3 Å². The maximum absolute atomic E-state index is 12.3. The smallest absolute Gasteiger partial charge is 0.223 e. The van der Waals surface area contributed by atoms with Gasteiger partial charge >= 0.3 is 0 Å². The number of nitrogens with two attached hydrogens (primary N) is 1. The number of ketones is 1. The number of rotatable bonds is 8. The number of benzene rings is 1. The number of methoxy groups -OCH3 is 1. The fraction of sp³-hybridized carbons (Fsp3) is 0.526. The predicted molar refractivity (Wildman–Crippen MR) is 105 cm³/mol. The molecule has 7 nitrogen and oxygen atoms in total. The molecule has 0 radical (unpaired) electrons. The lowest BCUT2D eigenvalue weighted by Crippen LogP contribution is -2.36. The van der Waals surface area contributed by atoms with Gasteiger partial charge < -0.3 is 20.7 Å². The van der Waals surface area contributed by atoms with Crippen molar-refractivity contribution in [1.29, 1.82) is 0 Å². The molecule has 0 saturated carbocycles. The van der Waals surface area contributed by atoms with Crippen LogP contribution in [0.5, 0.6) is 5.75 Å². The van der Waals surface area contributed by atoms with Crippen molar-refractivity contribution in [3.8, 4) is 5.75 Å². The number of amides is 2. The highest BCUT2D eigenvalue weighted by Crippen LogP contribution is 2.23. The first-order valence-corrected chi connectivity index (χ1v) is 8.88. The Labute approximate surface area is 166 Å². The Morgan fingerprint density at radius 3 is 2.44 bits per heavy atom. The molecular weight excluding hydrogens is 370 g/mol. The molecular formula is C19H28ClN3O4. The van der Waals surface area contributed by atoms with Gasteiger partial charge in [-0.2, -0.15) is 0 Å². The summed E-state index contributed by atoms with van der Waals surface area (Å²) < 4.78 is 5.04. The first-order chi connectivity index (χ1) is 12.4. The Morgan fingerprint density at radius 2 is 1.89 bits per heavy atom. The van der Waals surface area contributed by atoms with Crippen LogP contribution in [0.25, 0.3) is 0 Å². The number of halogens is 1. The van der Waals surface area contributed by atoms with Crippen LogP contribution >= 0.6 is 12.4 Å². The summed E-state index contributed by atoms with van der Waals surface area (Å²) in [6.45, 7) is 3.14. The number of likely N-dealkylation sites (tertiary alicyclic amines) is 1. The molecule has 1 aromatic carbocycles. The van der Waals surface area contributed by atoms with Gasteiger partial charge in [-0.3, -0.25) is 14.4 Å². The Hall–Kier alpha value is -2.12. The fourth-order valence-electron chi connectivity index (χ4n) is 3.17. The highest BCUT2D eigenvalue weighted by Gasteiger charge is 2.31. The van der Waals surface area contributed by atoms with Crippen LogP contribution in [0.1, 0.15) is 36.5 Å². The summed E-state index contributed by atoms with van der Waals surface area (Å²) >= 11 is 0. The second kappa shape index (κ2) is 10.9. The monoisotopic (exact) mass is 397 g/mol. The molecule has 1 fully saturated rings. The number of nitrogens with one attached hydrogen (secondary N) is 1. The molecule has 1 saturated heterocycles. The van der Waals surface area contributed by atoms with Gasteiger partial charge in [0.25, 0.3) is 0 Å². The van der Waals surface area contributed by atoms with Crippen LogP contribution in [0.3, 0.4) is 0 Å². The summed E-state index contributed by atoms with van der Waals surface area (Å²) in [7, 11) is 1.55. The van der Waals surface area contributed by atoms with Gasteiger partial charge in [0.15, 0.2) is 5.78 Å². The summed E-state index contributed by atoms with van der Waals surface area (Å²) in [5.41, 5.74) is 6.17. The van der Waals surface area contributed by atoms with E-state index in [2.05, 4.69) is 5.32 Å². The minimum absolute atomic E-state index is 0. The van der Waals surface area contributed by atoms with Gasteiger partial charge in [0.05, 0.1) is 13.7 Å². The van der Waals surface area contributed by atoms with Crippen LogP contribution < -0.4 is 15.8 Å². The highest BCUT2D eigenvalue weighted by atomic mass is 35.5. The number of carbonyl (C=O) groups is 3. The SMILES string of the molecule is COc1ccc(C(=O)CNC(=O)CCC(=O)N2CC(CN)CC2C)cc1.Cl. The molecule has 1 aliphatic heterocycles. The fourth-order valence-corrected chi connectivity index (χ4v) is 3.17. The van der Waals surface area contributed by atoms with E-state index < -0.39 is 0 Å². The van der Waals surface area contributed by atoms with Crippen LogP contribution in [-0.2, 0) is 9.59 Å². The van der Waals surface area contributed by atoms with Crippen molar-refractivity contribution < 1.29 is 19.1 Å². The maximum atomic E-state index is 12.3. The Kier molecular flexibility index (Phi) is 9.25. The largest absolute Gasteiger partial charge is 0.497 e. The standard InChI is InChI=1S/C19H27N3O4.ClH/c1-13-9-14(10-20)12-22(13)19(25)8-7-18(24)21-11-17(23)15-3-5-16(26-2)6-4-15;/h3-6,13-14H,7-12,20H2,1-2H3,(H,21,24);1H. The predicted octanol–water partition coefficient (Wildman–Crippen LogP) is 1.39. The number of ether oxygens (including phenoxy) is 1. The van der Waals surface area contributed by atoms with Crippen molar-refractivity contribution in [1.82, 2.24) is 10.2 Å². The lowest BCUT2D eigenvalue weighted by atomic mass is 10.1. The lowest BCUT2D eigenvalue weighted by Gasteiger charge is -2.21. The highest BCUT2D eigenvalue weighted by molar-refractivity contribution is 5.99. The minimum Gasteiger partial charge on any atom is -0.497 e. The summed E-state index contributed by atoms with van der Waals surface area (Å²) in [4.78, 5) is 38.1. The zero-order chi connectivity index (χ0) is 19.1. The van der Waals surface area contributed by atoms with Crippen LogP contribution in [0, 0.1) is 5.92 Å². The summed E-state index contributed by atoms with van der Waals surface area (Å²) in [6, 6.07) is 6.86. The Bertz CT molecular complexity index is 651. The van der Waals surface area contributed by atoms with Gasteiger partial charge in [-0.1, -0.05) is 0 Å². The van der Waals surface area contributed by atoms with Crippen molar-refractivity contribution in [2.24, 2.45) is 11.7 Å². The van der Waals surface area contributed by atoms with Gasteiger partial charge in [0, 0.05) is 31.0 Å². The van der Waals surface area contributed by atoms with E-state index in [9.17, 15) is 14.4 Å². The van der Waals surface area contributed by atoms with E-state index in [1.54, 1.807) is 36.3 Å². The molecule has 1 heterocycles. The molecule has 27 heavy (non-hydrogen) atoms. The lowest BCUT2D eigenvalue weighted by molar-refractivity contribution is -0.134. The van der Waals surface area contributed by atoms with E-state index in [1.807, 2.05) is 6.92 Å². The molecule has 150 valence electrons. The van der Waals surface area contributed by atoms with E-state index in [-0.39, 0.29) is 55.4 Å². The van der Waals surface area contributed by atoms with Crippen molar-refractivity contribution in [2.75, 3.05) is 26.7 Å². The van der Waals surface area contributed by atoms with E-state index in [0.29, 0.717) is 30.3 Å². The third kappa shape index (κ3) is 6.52. The molecule has 1 aromatic rings. The molecule has 2 unspecified atom stereocenters. The van der Waals surface area contributed by atoms with Gasteiger partial charge in [0.2, 0.25) is 11.8 Å². The van der Waals surface area contributed by atoms with Gasteiger partial charge in [-0.05, 0) is 50.1 Å². The summed E-state index contributed by atoms with van der Waals surface area (Å²) in [5.74, 6) is 0.473. The molecule has 3 N–H and O–H groups in total. The second-order valence-electron chi connectivity index (χ2n) is 6.66. The molecule has 0 aromatic heterocycles. The quantitative estimate of drug-likeness (QED) is 0.645. The molecule has 0 aliphatic carbocycles. The summed E-state index contributed by atoms with van der Waals surface area (Å²) in [6.07, 6.45) is 1.13. The average Bonchev–Trinajstić information content (AvgIpc) is 3.05. The maximum Gasteiger partial charge on any atom is 0.223 e. The third-order valence-corrected chi connectivity index (χ3v) is 4.74. The van der Waals surface area contributed by atoms with Crippen molar-refractivity contribution in [2.45, 2.75) is 32.2 Å². The van der Waals surface area contributed by atoms with E-state index in [1.165, 1.54) is 0 Å². The zero-order valence-electron chi connectivity index (χ0n) is 15.8. The molecule has 0 bridgehead atoms. The number of carbonyl (C=O) groups excluding carboxylic acids is 3. The minimum atomic E-state index is -0.303. The normalized spacial score (nSPS) is 18.6. The molecule has 1 aliphatic rings.